The molecule has 1 aromatic rings. The second-order valence-electron chi connectivity index (χ2n) is 4.61. The Morgan fingerprint density at radius 2 is 2.15 bits per heavy atom. The lowest BCUT2D eigenvalue weighted by molar-refractivity contribution is -0.123. The molecule has 1 heterocycles. The molecule has 0 aliphatic carbocycles. The van der Waals surface area contributed by atoms with Crippen LogP contribution in [0.4, 0.5) is 11.6 Å². The van der Waals surface area contributed by atoms with Crippen LogP contribution in [-0.4, -0.2) is 50.7 Å². The molecule has 0 saturated carbocycles. The molecule has 0 aliphatic heterocycles. The Bertz CT molecular complexity index is 452. The lowest BCUT2D eigenvalue weighted by Gasteiger charge is -2.22. The minimum atomic E-state index is -0.121. The van der Waals surface area contributed by atoms with Crippen molar-refractivity contribution in [3.63, 3.8) is 0 Å². The van der Waals surface area contributed by atoms with Gasteiger partial charge < -0.3 is 20.3 Å². The van der Waals surface area contributed by atoms with E-state index >= 15 is 0 Å². The molecule has 0 aliphatic rings. The van der Waals surface area contributed by atoms with Crippen molar-refractivity contribution in [3.8, 4) is 0 Å². The van der Waals surface area contributed by atoms with Crippen molar-refractivity contribution in [2.45, 2.75) is 13.5 Å². The summed E-state index contributed by atoms with van der Waals surface area (Å²) >= 11 is 0. The summed E-state index contributed by atoms with van der Waals surface area (Å²) in [6, 6.07) is 1.84. The summed E-state index contributed by atoms with van der Waals surface area (Å²) in [5.74, 6) is 1.98. The highest BCUT2D eigenvalue weighted by Gasteiger charge is 2.15. The molecule has 2 N–H and O–H groups in total. The number of rotatable bonds is 7. The van der Waals surface area contributed by atoms with E-state index in [4.69, 9.17) is 4.74 Å². The fourth-order valence-electron chi connectivity index (χ4n) is 1.83. The topological polar surface area (TPSA) is 79.4 Å². The number of carbonyl (C=O) groups is 1. The van der Waals surface area contributed by atoms with Crippen molar-refractivity contribution >= 4 is 17.5 Å². The maximum absolute atomic E-state index is 11.6. The Morgan fingerprint density at radius 3 is 2.70 bits per heavy atom. The zero-order valence-electron chi connectivity index (χ0n) is 12.7. The SMILES string of the molecule is CNC(=O)C(C)CN(C)c1cc(NC)nc(COC)n1. The Kier molecular flexibility index (Phi) is 6.17. The molecule has 0 saturated heterocycles. The van der Waals surface area contributed by atoms with E-state index in [1.54, 1.807) is 21.2 Å². The molecule has 1 aromatic heterocycles. The molecule has 0 radical (unpaired) electrons. The molecule has 0 bridgehead atoms. The fourth-order valence-corrected chi connectivity index (χ4v) is 1.83. The third kappa shape index (κ3) is 4.34. The summed E-state index contributed by atoms with van der Waals surface area (Å²) in [5, 5.41) is 5.64. The summed E-state index contributed by atoms with van der Waals surface area (Å²) in [6.45, 7) is 2.80. The zero-order valence-corrected chi connectivity index (χ0v) is 12.7. The van der Waals surface area contributed by atoms with Gasteiger partial charge >= 0.3 is 0 Å². The molecular weight excluding hydrogens is 258 g/mol. The van der Waals surface area contributed by atoms with E-state index in [0.717, 1.165) is 11.6 Å². The minimum absolute atomic E-state index is 0.0110. The summed E-state index contributed by atoms with van der Waals surface area (Å²) in [6.07, 6.45) is 0. The third-order valence-electron chi connectivity index (χ3n) is 2.92. The standard InChI is InChI=1S/C13H23N5O2/c1-9(13(19)15-3)7-18(4)12-6-10(14-2)16-11(17-12)8-20-5/h6,9H,7-8H2,1-5H3,(H,15,19)(H,14,16,17). The monoisotopic (exact) mass is 281 g/mol. The van der Waals surface area contributed by atoms with E-state index in [1.165, 1.54) is 0 Å². The van der Waals surface area contributed by atoms with E-state index in [1.807, 2.05) is 24.9 Å². The van der Waals surface area contributed by atoms with Crippen molar-refractivity contribution in [1.29, 1.82) is 0 Å². The molecule has 7 nitrogen and oxygen atoms in total. The first-order chi connectivity index (χ1) is 9.51. The summed E-state index contributed by atoms with van der Waals surface area (Å²) in [5.41, 5.74) is 0. The molecule has 1 atom stereocenters. The second-order valence-corrected chi connectivity index (χ2v) is 4.61. The largest absolute Gasteiger partial charge is 0.377 e. The molecule has 1 rings (SSSR count). The van der Waals surface area contributed by atoms with Crippen LogP contribution in [0, 0.1) is 5.92 Å². The maximum atomic E-state index is 11.6. The van der Waals surface area contributed by atoms with E-state index < -0.39 is 0 Å². The van der Waals surface area contributed by atoms with Crippen LogP contribution in [0.1, 0.15) is 12.7 Å². The van der Waals surface area contributed by atoms with Gasteiger partial charge in [0.05, 0.1) is 5.92 Å². The molecular formula is C13H23N5O2. The molecule has 7 heteroatoms. The Labute approximate surface area is 119 Å². The predicted octanol–water partition coefficient (Wildman–Crippen LogP) is 0.483. The number of anilines is 2. The van der Waals surface area contributed by atoms with Crippen LogP contribution in [0.3, 0.4) is 0 Å². The molecule has 0 aromatic carbocycles. The van der Waals surface area contributed by atoms with Gasteiger partial charge in [0, 0.05) is 40.9 Å². The number of aromatic nitrogens is 2. The predicted molar refractivity (Wildman–Crippen MR) is 78.8 cm³/mol. The van der Waals surface area contributed by atoms with Crippen LogP contribution in [0.2, 0.25) is 0 Å². The van der Waals surface area contributed by atoms with Gasteiger partial charge in [0.2, 0.25) is 5.91 Å². The van der Waals surface area contributed by atoms with E-state index in [9.17, 15) is 4.79 Å². The summed E-state index contributed by atoms with van der Waals surface area (Å²) in [7, 11) is 6.94. The van der Waals surface area contributed by atoms with Gasteiger partial charge in [-0.2, -0.15) is 0 Å². The van der Waals surface area contributed by atoms with Gasteiger partial charge in [0.1, 0.15) is 18.2 Å². The van der Waals surface area contributed by atoms with E-state index in [-0.39, 0.29) is 11.8 Å². The van der Waals surface area contributed by atoms with Crippen LogP contribution < -0.4 is 15.5 Å². The van der Waals surface area contributed by atoms with Crippen LogP contribution in [-0.2, 0) is 16.1 Å². The highest BCUT2D eigenvalue weighted by Crippen LogP contribution is 2.16. The van der Waals surface area contributed by atoms with Crippen LogP contribution >= 0.6 is 0 Å². The van der Waals surface area contributed by atoms with Crippen molar-refractivity contribution in [3.05, 3.63) is 11.9 Å². The van der Waals surface area contributed by atoms with Gasteiger partial charge in [-0.25, -0.2) is 9.97 Å². The first kappa shape index (κ1) is 16.2. The lowest BCUT2D eigenvalue weighted by Crippen LogP contribution is -2.34. The van der Waals surface area contributed by atoms with Gasteiger partial charge in [0.15, 0.2) is 5.82 Å². The molecule has 20 heavy (non-hydrogen) atoms. The van der Waals surface area contributed by atoms with Crippen LogP contribution in [0.25, 0.3) is 0 Å². The van der Waals surface area contributed by atoms with Gasteiger partial charge in [-0.05, 0) is 0 Å². The first-order valence-corrected chi connectivity index (χ1v) is 6.49. The Hall–Kier alpha value is -1.89. The number of hydrogen-bond acceptors (Lipinski definition) is 6. The Morgan fingerprint density at radius 1 is 1.45 bits per heavy atom. The zero-order chi connectivity index (χ0) is 15.1. The van der Waals surface area contributed by atoms with Gasteiger partial charge in [-0.1, -0.05) is 6.92 Å². The minimum Gasteiger partial charge on any atom is -0.377 e. The average Bonchev–Trinajstić information content (AvgIpc) is 2.46. The molecule has 1 unspecified atom stereocenters. The lowest BCUT2D eigenvalue weighted by atomic mass is 10.1. The number of methoxy groups -OCH3 is 1. The van der Waals surface area contributed by atoms with Crippen molar-refractivity contribution in [1.82, 2.24) is 15.3 Å². The normalized spacial score (nSPS) is 11.8. The number of nitrogens with zero attached hydrogens (tertiary/aromatic N) is 3. The molecule has 0 spiro atoms. The summed E-state index contributed by atoms with van der Waals surface area (Å²) < 4.78 is 5.06. The maximum Gasteiger partial charge on any atom is 0.224 e. The second kappa shape index (κ2) is 7.64. The van der Waals surface area contributed by atoms with E-state index in [0.29, 0.717) is 19.0 Å². The number of amides is 1. The van der Waals surface area contributed by atoms with Crippen molar-refractivity contribution in [2.75, 3.05) is 45.0 Å². The van der Waals surface area contributed by atoms with Gasteiger partial charge in [-0.3, -0.25) is 4.79 Å². The highest BCUT2D eigenvalue weighted by molar-refractivity contribution is 5.78. The van der Waals surface area contributed by atoms with Gasteiger partial charge in [0.25, 0.3) is 0 Å². The smallest absolute Gasteiger partial charge is 0.224 e. The number of nitrogens with one attached hydrogen (secondary N) is 2. The van der Waals surface area contributed by atoms with Crippen molar-refractivity contribution in [2.24, 2.45) is 5.92 Å². The number of hydrogen-bond donors (Lipinski definition) is 2. The third-order valence-corrected chi connectivity index (χ3v) is 2.92. The molecule has 0 fully saturated rings. The Balaban J connectivity index is 2.88. The first-order valence-electron chi connectivity index (χ1n) is 6.49. The van der Waals surface area contributed by atoms with Gasteiger partial charge in [-0.15, -0.1) is 0 Å². The highest BCUT2D eigenvalue weighted by atomic mass is 16.5. The van der Waals surface area contributed by atoms with Crippen molar-refractivity contribution < 1.29 is 9.53 Å². The van der Waals surface area contributed by atoms with E-state index in [2.05, 4.69) is 20.6 Å². The fraction of sp³-hybridized carbons (Fsp3) is 0.615. The number of ether oxygens (including phenoxy) is 1. The average molecular weight is 281 g/mol. The quantitative estimate of drug-likeness (QED) is 0.757. The molecule has 112 valence electrons. The van der Waals surface area contributed by atoms with Crippen LogP contribution in [0.5, 0.6) is 0 Å². The molecule has 1 amide bonds. The summed E-state index contributed by atoms with van der Waals surface area (Å²) in [4.78, 5) is 22.2. The van der Waals surface area contributed by atoms with Crippen LogP contribution in [0.15, 0.2) is 6.07 Å². The number of carbonyl (C=O) groups excluding carboxylic acids is 1.